The van der Waals surface area contributed by atoms with E-state index in [1.165, 1.54) is 0 Å². The highest BCUT2D eigenvalue weighted by atomic mass is 35.5. The summed E-state index contributed by atoms with van der Waals surface area (Å²) in [5.74, 6) is 0. The van der Waals surface area contributed by atoms with Gasteiger partial charge in [-0.3, -0.25) is 4.72 Å². The van der Waals surface area contributed by atoms with Gasteiger partial charge in [-0.15, -0.1) is 0 Å². The van der Waals surface area contributed by atoms with Crippen molar-refractivity contribution in [2.24, 2.45) is 0 Å². The molecule has 0 aliphatic heterocycles. The van der Waals surface area contributed by atoms with Gasteiger partial charge in [-0.2, -0.15) is 0 Å². The van der Waals surface area contributed by atoms with Crippen LogP contribution in [-0.4, -0.2) is 20.7 Å². The molecule has 0 aromatic heterocycles. The maximum atomic E-state index is 12.0. The molecule has 0 heterocycles. The van der Waals surface area contributed by atoms with Gasteiger partial charge in [0, 0.05) is 22.1 Å². The van der Waals surface area contributed by atoms with E-state index in [-0.39, 0.29) is 0 Å². The van der Waals surface area contributed by atoms with Crippen molar-refractivity contribution in [1.82, 2.24) is 0 Å². The minimum Gasteiger partial charge on any atom is -0.308 e. The van der Waals surface area contributed by atoms with E-state index in [1.807, 2.05) is 13.0 Å². The van der Waals surface area contributed by atoms with Gasteiger partial charge >= 0.3 is 6.03 Å². The van der Waals surface area contributed by atoms with Crippen LogP contribution in [0.4, 0.5) is 21.9 Å². The zero-order chi connectivity index (χ0) is 17.0. The van der Waals surface area contributed by atoms with Gasteiger partial charge in [0.1, 0.15) is 0 Å². The van der Waals surface area contributed by atoms with Crippen LogP contribution in [0.25, 0.3) is 0 Å². The second kappa shape index (κ2) is 6.89. The van der Waals surface area contributed by atoms with Gasteiger partial charge in [0.25, 0.3) is 0 Å². The lowest BCUT2D eigenvalue weighted by Crippen LogP contribution is -2.20. The van der Waals surface area contributed by atoms with Crippen LogP contribution in [0.5, 0.6) is 0 Å². The van der Waals surface area contributed by atoms with Gasteiger partial charge < -0.3 is 10.6 Å². The fourth-order valence-corrected chi connectivity index (χ4v) is 2.59. The molecule has 0 spiro atoms. The van der Waals surface area contributed by atoms with E-state index in [9.17, 15) is 13.2 Å². The molecule has 122 valence electrons. The Morgan fingerprint density at radius 1 is 1.00 bits per heavy atom. The third-order valence-corrected chi connectivity index (χ3v) is 3.74. The van der Waals surface area contributed by atoms with Crippen LogP contribution in [0, 0.1) is 6.92 Å². The van der Waals surface area contributed by atoms with E-state index in [1.54, 1.807) is 36.4 Å². The van der Waals surface area contributed by atoms with Crippen molar-refractivity contribution in [3.63, 3.8) is 0 Å². The smallest absolute Gasteiger partial charge is 0.308 e. The lowest BCUT2D eigenvalue weighted by atomic mass is 10.2. The van der Waals surface area contributed by atoms with E-state index in [2.05, 4.69) is 15.4 Å². The van der Waals surface area contributed by atoms with Crippen molar-refractivity contribution < 1.29 is 13.2 Å². The molecule has 2 aromatic rings. The van der Waals surface area contributed by atoms with E-state index >= 15 is 0 Å². The predicted molar refractivity (Wildman–Crippen MR) is 93.7 cm³/mol. The lowest BCUT2D eigenvalue weighted by molar-refractivity contribution is 0.262. The quantitative estimate of drug-likeness (QED) is 0.783. The molecule has 0 saturated heterocycles. The van der Waals surface area contributed by atoms with Crippen LogP contribution in [0.15, 0.2) is 42.5 Å². The number of nitrogens with one attached hydrogen (secondary N) is 3. The van der Waals surface area contributed by atoms with Crippen molar-refractivity contribution in [1.29, 1.82) is 0 Å². The van der Waals surface area contributed by atoms with E-state index in [0.29, 0.717) is 22.1 Å². The summed E-state index contributed by atoms with van der Waals surface area (Å²) in [4.78, 5) is 12.0. The molecule has 0 unspecified atom stereocenters. The number of aryl methyl sites for hydroxylation is 1. The monoisotopic (exact) mass is 353 g/mol. The minimum absolute atomic E-state index is 0.417. The Hall–Kier alpha value is -2.25. The topological polar surface area (TPSA) is 87.3 Å². The average molecular weight is 354 g/mol. The molecule has 0 saturated carbocycles. The summed E-state index contributed by atoms with van der Waals surface area (Å²) in [6.07, 6.45) is 1.07. The van der Waals surface area contributed by atoms with E-state index in [0.717, 1.165) is 11.8 Å². The van der Waals surface area contributed by atoms with Crippen LogP contribution in [-0.2, 0) is 10.0 Å². The van der Waals surface area contributed by atoms with Crippen molar-refractivity contribution in [3.8, 4) is 0 Å². The number of anilines is 3. The van der Waals surface area contributed by atoms with Crippen molar-refractivity contribution in [2.75, 3.05) is 21.6 Å². The molecule has 0 bridgehead atoms. The second-order valence-electron chi connectivity index (χ2n) is 4.99. The summed E-state index contributed by atoms with van der Waals surface area (Å²) in [5.41, 5.74) is 2.45. The highest BCUT2D eigenvalue weighted by molar-refractivity contribution is 7.92. The van der Waals surface area contributed by atoms with Crippen LogP contribution < -0.4 is 15.4 Å². The van der Waals surface area contributed by atoms with Crippen molar-refractivity contribution in [3.05, 3.63) is 53.1 Å². The molecule has 8 heteroatoms. The van der Waals surface area contributed by atoms with Crippen LogP contribution in [0.1, 0.15) is 5.56 Å². The van der Waals surface area contributed by atoms with Crippen molar-refractivity contribution >= 4 is 44.7 Å². The number of benzene rings is 2. The van der Waals surface area contributed by atoms with Gasteiger partial charge in [0.15, 0.2) is 0 Å². The molecule has 0 radical (unpaired) electrons. The molecule has 6 nitrogen and oxygen atoms in total. The number of carbonyl (C=O) groups excluding carboxylic acids is 1. The number of hydrogen-bond acceptors (Lipinski definition) is 3. The molecule has 0 aliphatic carbocycles. The minimum atomic E-state index is -3.32. The predicted octanol–water partition coefficient (Wildman–Crippen LogP) is 3.66. The number of hydrogen-bond donors (Lipinski definition) is 3. The Morgan fingerprint density at radius 2 is 1.61 bits per heavy atom. The molecule has 0 atom stereocenters. The molecule has 2 aromatic carbocycles. The van der Waals surface area contributed by atoms with Gasteiger partial charge in [0.05, 0.1) is 6.26 Å². The SMILES string of the molecule is Cc1ccc(Cl)cc1NC(=O)Nc1ccc(NS(C)(=O)=O)cc1. The van der Waals surface area contributed by atoms with E-state index < -0.39 is 16.1 Å². The van der Waals surface area contributed by atoms with E-state index in [4.69, 9.17) is 11.6 Å². The van der Waals surface area contributed by atoms with Gasteiger partial charge in [0.2, 0.25) is 10.0 Å². The summed E-state index contributed by atoms with van der Waals surface area (Å²) in [7, 11) is -3.32. The van der Waals surface area contributed by atoms with Gasteiger partial charge in [-0.1, -0.05) is 17.7 Å². The Kier molecular flexibility index (Phi) is 5.12. The summed E-state index contributed by atoms with van der Waals surface area (Å²) in [6.45, 7) is 1.86. The molecular formula is C15H16ClN3O3S. The third kappa shape index (κ3) is 5.46. The molecule has 2 rings (SSSR count). The van der Waals surface area contributed by atoms with Gasteiger partial charge in [-0.05, 0) is 48.9 Å². The summed E-state index contributed by atoms with van der Waals surface area (Å²) in [5, 5.41) is 5.89. The van der Waals surface area contributed by atoms with Crippen molar-refractivity contribution in [2.45, 2.75) is 6.92 Å². The number of rotatable bonds is 4. The zero-order valence-corrected chi connectivity index (χ0v) is 14.1. The first-order chi connectivity index (χ1) is 10.7. The Labute approximate surface area is 139 Å². The van der Waals surface area contributed by atoms with Crippen LogP contribution in [0.3, 0.4) is 0 Å². The fourth-order valence-electron chi connectivity index (χ4n) is 1.85. The number of urea groups is 1. The number of sulfonamides is 1. The number of amides is 2. The fraction of sp³-hybridized carbons (Fsp3) is 0.133. The lowest BCUT2D eigenvalue weighted by Gasteiger charge is -2.11. The highest BCUT2D eigenvalue weighted by Crippen LogP contribution is 2.21. The maximum Gasteiger partial charge on any atom is 0.323 e. The second-order valence-corrected chi connectivity index (χ2v) is 7.17. The summed E-state index contributed by atoms with van der Waals surface area (Å²) >= 11 is 5.90. The van der Waals surface area contributed by atoms with Crippen LogP contribution in [0.2, 0.25) is 5.02 Å². The molecule has 23 heavy (non-hydrogen) atoms. The number of halogens is 1. The first kappa shape index (κ1) is 17.1. The molecule has 2 amide bonds. The maximum absolute atomic E-state index is 12.0. The summed E-state index contributed by atoms with van der Waals surface area (Å²) < 4.78 is 24.6. The Balaban J connectivity index is 2.01. The average Bonchev–Trinajstić information content (AvgIpc) is 2.43. The molecule has 3 N–H and O–H groups in total. The standard InChI is InChI=1S/C15H16ClN3O3S/c1-10-3-4-11(16)9-14(10)18-15(20)17-12-5-7-13(8-6-12)19-23(2,21)22/h3-9,19H,1-2H3,(H2,17,18,20). The Morgan fingerprint density at radius 3 is 2.22 bits per heavy atom. The number of carbonyl (C=O) groups is 1. The first-order valence-electron chi connectivity index (χ1n) is 6.65. The Bertz CT molecular complexity index is 820. The third-order valence-electron chi connectivity index (χ3n) is 2.89. The van der Waals surface area contributed by atoms with Crippen LogP contribution >= 0.6 is 11.6 Å². The first-order valence-corrected chi connectivity index (χ1v) is 8.92. The largest absolute Gasteiger partial charge is 0.323 e. The molecule has 0 fully saturated rings. The van der Waals surface area contributed by atoms with Gasteiger partial charge in [-0.25, -0.2) is 13.2 Å². The highest BCUT2D eigenvalue weighted by Gasteiger charge is 2.06. The zero-order valence-electron chi connectivity index (χ0n) is 12.6. The normalized spacial score (nSPS) is 10.9. The molecule has 0 aliphatic rings. The summed E-state index contributed by atoms with van der Waals surface area (Å²) in [6, 6.07) is 11.1. The molecular weight excluding hydrogens is 338 g/mol.